The van der Waals surface area contributed by atoms with Crippen LogP contribution in [0.3, 0.4) is 0 Å². The second kappa shape index (κ2) is 6.95. The van der Waals surface area contributed by atoms with E-state index in [-0.39, 0.29) is 0 Å². The molecule has 1 N–H and O–H groups in total. The second-order valence-corrected chi connectivity index (χ2v) is 6.44. The van der Waals surface area contributed by atoms with Gasteiger partial charge in [0.1, 0.15) is 5.75 Å². The third kappa shape index (κ3) is 5.23. The third-order valence-corrected chi connectivity index (χ3v) is 3.47. The zero-order valence-electron chi connectivity index (χ0n) is 13.3. The van der Waals surface area contributed by atoms with Crippen LogP contribution in [0.4, 0.5) is 0 Å². The van der Waals surface area contributed by atoms with Crippen LogP contribution in [0.15, 0.2) is 18.2 Å². The fraction of sp³-hybridized carbons (Fsp3) is 0.647. The number of methoxy groups -OCH3 is 1. The highest BCUT2D eigenvalue weighted by Crippen LogP contribution is 2.30. The number of hydrogen-bond donors (Lipinski definition) is 1. The quantitative estimate of drug-likeness (QED) is 0.817. The van der Waals surface area contributed by atoms with E-state index in [4.69, 9.17) is 4.74 Å². The summed E-state index contributed by atoms with van der Waals surface area (Å²) in [5, 5.41) is 3.59. The molecule has 1 aromatic carbocycles. The molecule has 2 nitrogen and oxygen atoms in total. The van der Waals surface area contributed by atoms with E-state index in [1.54, 1.807) is 7.11 Å². The van der Waals surface area contributed by atoms with Crippen molar-refractivity contribution in [1.29, 1.82) is 0 Å². The molecule has 0 aliphatic rings. The number of hydrogen-bond acceptors (Lipinski definition) is 2. The zero-order valence-corrected chi connectivity index (χ0v) is 13.3. The Kier molecular flexibility index (Phi) is 5.86. The minimum atomic E-state index is 0.377. The van der Waals surface area contributed by atoms with Crippen molar-refractivity contribution in [2.75, 3.05) is 13.7 Å². The van der Waals surface area contributed by atoms with E-state index in [2.05, 4.69) is 58.1 Å². The van der Waals surface area contributed by atoms with E-state index in [9.17, 15) is 0 Å². The lowest BCUT2D eigenvalue weighted by Crippen LogP contribution is -2.22. The second-order valence-electron chi connectivity index (χ2n) is 6.44. The Morgan fingerprint density at radius 1 is 1.26 bits per heavy atom. The summed E-state index contributed by atoms with van der Waals surface area (Å²) in [6.45, 7) is 12.1. The van der Waals surface area contributed by atoms with Crippen LogP contribution in [0.25, 0.3) is 0 Å². The maximum atomic E-state index is 5.43. The molecule has 0 aromatic heterocycles. The SMILES string of the molecule is CCNC(CCC(C)(C)C)c1ccc(C)c(OC)c1. The van der Waals surface area contributed by atoms with Crippen LogP contribution >= 0.6 is 0 Å². The van der Waals surface area contributed by atoms with Crippen molar-refractivity contribution in [3.63, 3.8) is 0 Å². The zero-order chi connectivity index (χ0) is 14.5. The molecule has 2 heteroatoms. The normalized spacial score (nSPS) is 13.4. The van der Waals surface area contributed by atoms with Gasteiger partial charge < -0.3 is 10.1 Å². The van der Waals surface area contributed by atoms with Crippen LogP contribution < -0.4 is 10.1 Å². The van der Waals surface area contributed by atoms with Gasteiger partial charge in [0, 0.05) is 6.04 Å². The van der Waals surface area contributed by atoms with Crippen molar-refractivity contribution < 1.29 is 4.74 Å². The average molecular weight is 263 g/mol. The monoisotopic (exact) mass is 263 g/mol. The number of ether oxygens (including phenoxy) is 1. The Morgan fingerprint density at radius 3 is 2.47 bits per heavy atom. The molecule has 1 aromatic rings. The van der Waals surface area contributed by atoms with Crippen LogP contribution in [0.2, 0.25) is 0 Å². The Labute approximate surface area is 118 Å². The van der Waals surface area contributed by atoms with Crippen LogP contribution in [0.1, 0.15) is 57.7 Å². The summed E-state index contributed by atoms with van der Waals surface area (Å²) in [4.78, 5) is 0. The van der Waals surface area contributed by atoms with Gasteiger partial charge in [0.2, 0.25) is 0 Å². The minimum Gasteiger partial charge on any atom is -0.496 e. The molecule has 0 aliphatic heterocycles. The Morgan fingerprint density at radius 2 is 1.95 bits per heavy atom. The molecule has 0 saturated carbocycles. The van der Waals surface area contributed by atoms with Crippen LogP contribution in [-0.2, 0) is 0 Å². The molecule has 0 radical (unpaired) electrons. The summed E-state index contributed by atoms with van der Waals surface area (Å²) in [6, 6.07) is 6.95. The maximum Gasteiger partial charge on any atom is 0.122 e. The molecule has 1 atom stereocenters. The third-order valence-electron chi connectivity index (χ3n) is 3.47. The highest BCUT2D eigenvalue weighted by molar-refractivity contribution is 5.37. The smallest absolute Gasteiger partial charge is 0.122 e. The first-order valence-electron chi connectivity index (χ1n) is 7.25. The fourth-order valence-corrected chi connectivity index (χ4v) is 2.26. The maximum absolute atomic E-state index is 5.43. The molecule has 19 heavy (non-hydrogen) atoms. The standard InChI is InChI=1S/C17H29NO/c1-7-18-15(10-11-17(3,4)5)14-9-8-13(2)16(12-14)19-6/h8-9,12,15,18H,7,10-11H2,1-6H3. The van der Waals surface area contributed by atoms with Gasteiger partial charge in [-0.1, -0.05) is 39.8 Å². The van der Waals surface area contributed by atoms with E-state index >= 15 is 0 Å². The van der Waals surface area contributed by atoms with Gasteiger partial charge in [-0.05, 0) is 48.9 Å². The Balaban J connectivity index is 2.86. The average Bonchev–Trinajstić information content (AvgIpc) is 2.34. The summed E-state index contributed by atoms with van der Waals surface area (Å²) in [5.41, 5.74) is 2.90. The van der Waals surface area contributed by atoms with Crippen molar-refractivity contribution in [2.45, 2.75) is 53.5 Å². The van der Waals surface area contributed by atoms with Gasteiger partial charge in [-0.2, -0.15) is 0 Å². The summed E-state index contributed by atoms with van der Waals surface area (Å²) < 4.78 is 5.43. The van der Waals surface area contributed by atoms with Crippen molar-refractivity contribution >= 4 is 0 Å². The molecule has 0 bridgehead atoms. The predicted octanol–water partition coefficient (Wildman–Crippen LogP) is 4.48. The van der Waals surface area contributed by atoms with E-state index in [0.29, 0.717) is 11.5 Å². The van der Waals surface area contributed by atoms with Crippen LogP contribution in [-0.4, -0.2) is 13.7 Å². The van der Waals surface area contributed by atoms with Crippen LogP contribution in [0, 0.1) is 12.3 Å². The number of rotatable bonds is 6. The first-order valence-corrected chi connectivity index (χ1v) is 7.25. The lowest BCUT2D eigenvalue weighted by Gasteiger charge is -2.24. The molecule has 0 heterocycles. The summed E-state index contributed by atoms with van der Waals surface area (Å²) in [7, 11) is 1.74. The molecule has 0 fully saturated rings. The summed E-state index contributed by atoms with van der Waals surface area (Å²) in [5.74, 6) is 0.983. The highest BCUT2D eigenvalue weighted by Gasteiger charge is 2.17. The molecule has 0 aliphatic carbocycles. The van der Waals surface area contributed by atoms with E-state index < -0.39 is 0 Å². The number of nitrogens with one attached hydrogen (secondary N) is 1. The highest BCUT2D eigenvalue weighted by atomic mass is 16.5. The molecular weight excluding hydrogens is 234 g/mol. The van der Waals surface area contributed by atoms with Gasteiger partial charge in [-0.3, -0.25) is 0 Å². The molecule has 1 unspecified atom stereocenters. The molecular formula is C17H29NO. The van der Waals surface area contributed by atoms with Crippen molar-refractivity contribution in [3.05, 3.63) is 29.3 Å². The van der Waals surface area contributed by atoms with E-state index in [1.165, 1.54) is 17.5 Å². The molecule has 0 spiro atoms. The van der Waals surface area contributed by atoms with Gasteiger partial charge >= 0.3 is 0 Å². The van der Waals surface area contributed by atoms with Crippen molar-refractivity contribution in [3.8, 4) is 5.75 Å². The molecule has 0 saturated heterocycles. The van der Waals surface area contributed by atoms with Gasteiger partial charge in [-0.15, -0.1) is 0 Å². The van der Waals surface area contributed by atoms with Crippen molar-refractivity contribution in [2.24, 2.45) is 5.41 Å². The number of benzene rings is 1. The first-order chi connectivity index (χ1) is 8.87. The largest absolute Gasteiger partial charge is 0.496 e. The topological polar surface area (TPSA) is 21.3 Å². The molecule has 108 valence electrons. The molecule has 1 rings (SSSR count). The van der Waals surface area contributed by atoms with E-state index in [0.717, 1.165) is 18.7 Å². The minimum absolute atomic E-state index is 0.377. The fourth-order valence-electron chi connectivity index (χ4n) is 2.26. The van der Waals surface area contributed by atoms with Gasteiger partial charge in [0.15, 0.2) is 0 Å². The summed E-state index contributed by atoms with van der Waals surface area (Å²) >= 11 is 0. The van der Waals surface area contributed by atoms with Gasteiger partial charge in [0.05, 0.1) is 7.11 Å². The predicted molar refractivity (Wildman–Crippen MR) is 82.8 cm³/mol. The van der Waals surface area contributed by atoms with Crippen molar-refractivity contribution in [1.82, 2.24) is 5.32 Å². The number of aryl methyl sites for hydroxylation is 1. The lowest BCUT2D eigenvalue weighted by molar-refractivity contribution is 0.333. The Bertz CT molecular complexity index is 393. The first kappa shape index (κ1) is 16.0. The van der Waals surface area contributed by atoms with Gasteiger partial charge in [-0.25, -0.2) is 0 Å². The van der Waals surface area contributed by atoms with Gasteiger partial charge in [0.25, 0.3) is 0 Å². The molecule has 0 amide bonds. The lowest BCUT2D eigenvalue weighted by atomic mass is 9.87. The van der Waals surface area contributed by atoms with Crippen LogP contribution in [0.5, 0.6) is 5.75 Å². The van der Waals surface area contributed by atoms with E-state index in [1.807, 2.05) is 0 Å². The Hall–Kier alpha value is -1.02. The summed E-state index contributed by atoms with van der Waals surface area (Å²) in [6.07, 6.45) is 2.37.